The number of anilines is 2. The van der Waals surface area contributed by atoms with Crippen LogP contribution in [0.2, 0.25) is 0 Å². The molecule has 2 unspecified atom stereocenters. The van der Waals surface area contributed by atoms with Crippen molar-refractivity contribution in [2.75, 3.05) is 43.6 Å². The van der Waals surface area contributed by atoms with E-state index in [-0.39, 0.29) is 5.56 Å². The minimum absolute atomic E-state index is 0.260. The first-order valence-corrected chi connectivity index (χ1v) is 11.3. The van der Waals surface area contributed by atoms with Gasteiger partial charge in [0, 0.05) is 37.4 Å². The molecule has 1 saturated heterocycles. The topological polar surface area (TPSA) is 36.0 Å². The summed E-state index contributed by atoms with van der Waals surface area (Å²) in [5.74, 6) is -1.10. The number of hydrogen-bond donors (Lipinski definition) is 0. The summed E-state index contributed by atoms with van der Waals surface area (Å²) in [6.07, 6.45) is -4.66. The number of likely N-dealkylation sites (N-methyl/N-ethyl adjacent to an activating group) is 1. The van der Waals surface area contributed by atoms with Gasteiger partial charge in [-0.05, 0) is 56.6 Å². The maximum absolute atomic E-state index is 14.5. The first-order valence-electron chi connectivity index (χ1n) is 11.3. The molecule has 0 aromatic heterocycles. The van der Waals surface area contributed by atoms with Crippen LogP contribution in [0.3, 0.4) is 0 Å². The second-order valence-electron chi connectivity index (χ2n) is 9.17. The minimum atomic E-state index is -4.81. The standard InChI is InChI=1S/C25H29F4N3O2/c1-15-13-31(14-16(2)30(15)3)21-12-20-17(10-22(21)34-4)8-9-32(20)23(33)11-18-6-5-7-19(24(18)26)25(27,28)29/h5-7,10,12,15-16H,8-9,11,13-14H2,1-4H3. The first kappa shape index (κ1) is 24.3. The number of hydrogen-bond acceptors (Lipinski definition) is 4. The molecule has 1 amide bonds. The van der Waals surface area contributed by atoms with E-state index in [1.165, 1.54) is 6.07 Å². The molecule has 1 fully saturated rings. The van der Waals surface area contributed by atoms with Crippen LogP contribution in [0.5, 0.6) is 5.75 Å². The molecule has 5 nitrogen and oxygen atoms in total. The third-order valence-electron chi connectivity index (χ3n) is 7.00. The maximum Gasteiger partial charge on any atom is 0.419 e. The van der Waals surface area contributed by atoms with Crippen LogP contribution in [0.15, 0.2) is 30.3 Å². The predicted molar refractivity (Wildman–Crippen MR) is 123 cm³/mol. The highest BCUT2D eigenvalue weighted by Crippen LogP contribution is 2.40. The number of piperazine rings is 1. The summed E-state index contributed by atoms with van der Waals surface area (Å²) in [7, 11) is 3.71. The van der Waals surface area contributed by atoms with Gasteiger partial charge in [-0.15, -0.1) is 0 Å². The van der Waals surface area contributed by atoms with Crippen molar-refractivity contribution in [3.8, 4) is 5.75 Å². The van der Waals surface area contributed by atoms with Crippen LogP contribution in [0.25, 0.3) is 0 Å². The van der Waals surface area contributed by atoms with Crippen molar-refractivity contribution in [2.24, 2.45) is 0 Å². The second kappa shape index (κ2) is 9.09. The van der Waals surface area contributed by atoms with E-state index in [0.717, 1.165) is 36.2 Å². The number of halogens is 4. The molecule has 0 radical (unpaired) electrons. The van der Waals surface area contributed by atoms with E-state index >= 15 is 0 Å². The van der Waals surface area contributed by atoms with E-state index in [2.05, 4.69) is 30.7 Å². The molecule has 2 atom stereocenters. The van der Waals surface area contributed by atoms with Crippen molar-refractivity contribution in [3.05, 3.63) is 52.8 Å². The molecule has 2 aromatic rings. The zero-order chi connectivity index (χ0) is 24.8. The monoisotopic (exact) mass is 479 g/mol. The van der Waals surface area contributed by atoms with Crippen LogP contribution in [0.4, 0.5) is 28.9 Å². The largest absolute Gasteiger partial charge is 0.495 e. The minimum Gasteiger partial charge on any atom is -0.495 e. The van der Waals surface area contributed by atoms with Gasteiger partial charge < -0.3 is 14.5 Å². The molecule has 0 aliphatic carbocycles. The van der Waals surface area contributed by atoms with Crippen molar-refractivity contribution in [1.29, 1.82) is 0 Å². The van der Waals surface area contributed by atoms with E-state index in [0.29, 0.717) is 36.8 Å². The van der Waals surface area contributed by atoms with E-state index in [1.807, 2.05) is 12.1 Å². The van der Waals surface area contributed by atoms with Crippen molar-refractivity contribution >= 4 is 17.3 Å². The van der Waals surface area contributed by atoms with Crippen LogP contribution in [0.1, 0.15) is 30.5 Å². The number of rotatable bonds is 4. The highest BCUT2D eigenvalue weighted by molar-refractivity contribution is 5.97. The summed E-state index contributed by atoms with van der Waals surface area (Å²) in [6.45, 7) is 6.28. The Kier molecular flexibility index (Phi) is 6.50. The van der Waals surface area contributed by atoms with Gasteiger partial charge in [0.15, 0.2) is 0 Å². The Hall–Kier alpha value is -2.81. The van der Waals surface area contributed by atoms with Gasteiger partial charge in [0.25, 0.3) is 0 Å². The lowest BCUT2D eigenvalue weighted by Gasteiger charge is -2.44. The van der Waals surface area contributed by atoms with E-state index < -0.39 is 29.9 Å². The van der Waals surface area contributed by atoms with Crippen molar-refractivity contribution in [1.82, 2.24) is 4.90 Å². The lowest BCUT2D eigenvalue weighted by molar-refractivity contribution is -0.140. The Morgan fingerprint density at radius 2 is 1.79 bits per heavy atom. The maximum atomic E-state index is 14.5. The number of nitrogens with zero attached hydrogens (tertiary/aromatic N) is 3. The van der Waals surface area contributed by atoms with Crippen LogP contribution in [-0.2, 0) is 23.8 Å². The van der Waals surface area contributed by atoms with Gasteiger partial charge >= 0.3 is 6.18 Å². The lowest BCUT2D eigenvalue weighted by atomic mass is 10.0. The van der Waals surface area contributed by atoms with Gasteiger partial charge in [-0.1, -0.05) is 12.1 Å². The number of alkyl halides is 3. The van der Waals surface area contributed by atoms with Crippen LogP contribution < -0.4 is 14.5 Å². The molecule has 9 heteroatoms. The molecule has 184 valence electrons. The highest BCUT2D eigenvalue weighted by Gasteiger charge is 2.36. The fraction of sp³-hybridized carbons (Fsp3) is 0.480. The van der Waals surface area contributed by atoms with Gasteiger partial charge in [0.2, 0.25) is 5.91 Å². The number of carbonyl (C=O) groups excluding carboxylic acids is 1. The third kappa shape index (κ3) is 4.45. The van der Waals surface area contributed by atoms with E-state index in [1.54, 1.807) is 12.0 Å². The third-order valence-corrected chi connectivity index (χ3v) is 7.00. The number of ether oxygens (including phenoxy) is 1. The van der Waals surface area contributed by atoms with Crippen LogP contribution >= 0.6 is 0 Å². The molecule has 0 saturated carbocycles. The molecule has 0 spiro atoms. The average molecular weight is 480 g/mol. The number of amides is 1. The first-order chi connectivity index (χ1) is 16.0. The fourth-order valence-corrected chi connectivity index (χ4v) is 4.87. The molecule has 0 bridgehead atoms. The summed E-state index contributed by atoms with van der Waals surface area (Å²) < 4.78 is 59.4. The van der Waals surface area contributed by atoms with Crippen molar-refractivity contribution < 1.29 is 27.1 Å². The summed E-state index contributed by atoms with van der Waals surface area (Å²) in [5, 5.41) is 0. The molecule has 2 heterocycles. The van der Waals surface area contributed by atoms with Crippen LogP contribution in [0, 0.1) is 5.82 Å². The van der Waals surface area contributed by atoms with E-state index in [9.17, 15) is 22.4 Å². The molecular formula is C25H29F4N3O2. The number of carbonyl (C=O) groups is 1. The Balaban J connectivity index is 1.62. The molecule has 4 rings (SSSR count). The summed E-state index contributed by atoms with van der Waals surface area (Å²) in [6, 6.07) is 7.54. The van der Waals surface area contributed by atoms with Gasteiger partial charge in [-0.25, -0.2) is 4.39 Å². The Labute approximate surface area is 196 Å². The smallest absolute Gasteiger partial charge is 0.419 e. The summed E-state index contributed by atoms with van der Waals surface area (Å²) in [4.78, 5) is 19.2. The molecule has 2 aliphatic heterocycles. The summed E-state index contributed by atoms with van der Waals surface area (Å²) in [5.41, 5.74) is 0.882. The lowest BCUT2D eigenvalue weighted by Crippen LogP contribution is -2.55. The predicted octanol–water partition coefficient (Wildman–Crippen LogP) is 4.51. The molecule has 2 aromatic carbocycles. The average Bonchev–Trinajstić information content (AvgIpc) is 3.19. The van der Waals surface area contributed by atoms with Crippen molar-refractivity contribution in [2.45, 2.75) is 44.9 Å². The number of methoxy groups -OCH3 is 1. The Bertz CT molecular complexity index is 1080. The molecule has 2 aliphatic rings. The zero-order valence-corrected chi connectivity index (χ0v) is 19.7. The Morgan fingerprint density at radius 3 is 2.41 bits per heavy atom. The molecule has 34 heavy (non-hydrogen) atoms. The Morgan fingerprint density at radius 1 is 1.12 bits per heavy atom. The highest BCUT2D eigenvalue weighted by atomic mass is 19.4. The SMILES string of the molecule is COc1cc2c(cc1N1CC(C)N(C)C(C)C1)N(C(=O)Cc1cccc(C(F)(F)F)c1F)CC2. The van der Waals surface area contributed by atoms with Crippen LogP contribution in [-0.4, -0.2) is 56.7 Å². The quantitative estimate of drug-likeness (QED) is 0.605. The molecule has 0 N–H and O–H groups in total. The van der Waals surface area contributed by atoms with Gasteiger partial charge in [0.1, 0.15) is 11.6 Å². The van der Waals surface area contributed by atoms with Gasteiger partial charge in [-0.3, -0.25) is 9.69 Å². The van der Waals surface area contributed by atoms with Crippen molar-refractivity contribution in [3.63, 3.8) is 0 Å². The second-order valence-corrected chi connectivity index (χ2v) is 9.17. The normalized spacial score (nSPS) is 21.1. The number of benzene rings is 2. The number of fused-ring (bicyclic) bond motifs is 1. The van der Waals surface area contributed by atoms with E-state index in [4.69, 9.17) is 4.74 Å². The molecular weight excluding hydrogens is 450 g/mol. The fourth-order valence-electron chi connectivity index (χ4n) is 4.87. The van der Waals surface area contributed by atoms with Gasteiger partial charge in [0.05, 0.1) is 24.8 Å². The summed E-state index contributed by atoms with van der Waals surface area (Å²) >= 11 is 0. The zero-order valence-electron chi connectivity index (χ0n) is 19.7. The van der Waals surface area contributed by atoms with Gasteiger partial charge in [-0.2, -0.15) is 13.2 Å².